The number of carbonyl (C=O) groups is 2. The number of hydrogen-bond donors (Lipinski definition) is 0. The highest BCUT2D eigenvalue weighted by molar-refractivity contribution is 5.69. The quantitative estimate of drug-likeness (QED) is 0.214. The topological polar surface area (TPSA) is 52.6 Å². The largest absolute Gasteiger partial charge is 0.469 e. The van der Waals surface area contributed by atoms with Crippen LogP contribution in [0.15, 0.2) is 48.1 Å². The van der Waals surface area contributed by atoms with Gasteiger partial charge in [0.1, 0.15) is 0 Å². The highest BCUT2D eigenvalue weighted by Crippen LogP contribution is 2.57. The maximum Gasteiger partial charge on any atom is 0.305 e. The molecule has 2 rings (SSSR count). The van der Waals surface area contributed by atoms with Crippen molar-refractivity contribution in [2.75, 3.05) is 14.2 Å². The average molecular weight is 499 g/mol. The molecule has 36 heavy (non-hydrogen) atoms. The average Bonchev–Trinajstić information content (AvgIpc) is 2.82. The Hall–Kier alpha value is -2.10. The van der Waals surface area contributed by atoms with E-state index in [1.165, 1.54) is 36.5 Å². The molecule has 0 aromatic heterocycles. The third kappa shape index (κ3) is 6.42. The maximum absolute atomic E-state index is 12.1. The number of ether oxygens (including phenoxy) is 2. The minimum Gasteiger partial charge on any atom is -0.469 e. The molecule has 0 aromatic rings. The third-order valence-corrected chi connectivity index (χ3v) is 9.78. The van der Waals surface area contributed by atoms with Crippen LogP contribution in [-0.2, 0) is 19.1 Å². The Balaban J connectivity index is 2.38. The molecule has 2 aliphatic carbocycles. The van der Waals surface area contributed by atoms with Gasteiger partial charge >= 0.3 is 11.9 Å². The van der Waals surface area contributed by atoms with E-state index in [-0.39, 0.29) is 22.8 Å². The molecule has 202 valence electrons. The number of allylic oxidation sites excluding steroid dienone is 5. The monoisotopic (exact) mass is 498 g/mol. The van der Waals surface area contributed by atoms with Gasteiger partial charge < -0.3 is 9.47 Å². The van der Waals surface area contributed by atoms with Gasteiger partial charge in [-0.15, -0.1) is 0 Å². The lowest BCUT2D eigenvalue weighted by Gasteiger charge is -2.52. The van der Waals surface area contributed by atoms with Gasteiger partial charge in [0, 0.05) is 12.8 Å². The highest BCUT2D eigenvalue weighted by Gasteiger charge is 2.48. The fraction of sp³-hybridized carbons (Fsp3) is 0.688. The van der Waals surface area contributed by atoms with Crippen LogP contribution in [0.25, 0.3) is 0 Å². The fourth-order valence-corrected chi connectivity index (χ4v) is 7.66. The van der Waals surface area contributed by atoms with E-state index in [0.29, 0.717) is 36.5 Å². The van der Waals surface area contributed by atoms with Crippen molar-refractivity contribution < 1.29 is 19.1 Å². The summed E-state index contributed by atoms with van der Waals surface area (Å²) in [5.74, 6) is 1.04. The summed E-state index contributed by atoms with van der Waals surface area (Å²) in [6, 6.07) is 0. The zero-order chi connectivity index (χ0) is 27.3. The molecule has 0 unspecified atom stereocenters. The summed E-state index contributed by atoms with van der Waals surface area (Å²) < 4.78 is 9.99. The molecule has 4 heteroatoms. The molecule has 0 saturated heterocycles. The predicted octanol–water partition coefficient (Wildman–Crippen LogP) is 8.00. The van der Waals surface area contributed by atoms with Crippen LogP contribution in [0, 0.1) is 34.5 Å². The Labute approximate surface area is 220 Å². The second-order valence-electron chi connectivity index (χ2n) is 12.0. The normalized spacial score (nSPS) is 32.4. The van der Waals surface area contributed by atoms with Crippen LogP contribution in [-0.4, -0.2) is 26.2 Å². The number of methoxy groups -OCH3 is 2. The zero-order valence-electron chi connectivity index (χ0n) is 24.0. The van der Waals surface area contributed by atoms with E-state index >= 15 is 0 Å². The van der Waals surface area contributed by atoms with Crippen molar-refractivity contribution in [1.82, 2.24) is 0 Å². The van der Waals surface area contributed by atoms with E-state index in [0.717, 1.165) is 44.9 Å². The summed E-state index contributed by atoms with van der Waals surface area (Å²) in [6.07, 6.45) is 9.82. The van der Waals surface area contributed by atoms with Crippen LogP contribution in [0.5, 0.6) is 0 Å². The Morgan fingerprint density at radius 1 is 0.917 bits per heavy atom. The van der Waals surface area contributed by atoms with Gasteiger partial charge in [-0.2, -0.15) is 0 Å². The summed E-state index contributed by atoms with van der Waals surface area (Å²) in [5, 5.41) is 0. The number of hydrogen-bond acceptors (Lipinski definition) is 4. The predicted molar refractivity (Wildman–Crippen MR) is 148 cm³/mol. The second kappa shape index (κ2) is 12.4. The molecular weight excluding hydrogens is 448 g/mol. The SMILES string of the molecule is C=C(C)[C@@H]1CCC(=C)[C@H](CC[C@H]2C(C)=CC[C@@H](C(=C)C)[C@]2(C)CCC(=O)OC)[C@@]1(C)CCC(=O)OC. The zero-order valence-corrected chi connectivity index (χ0v) is 24.0. The van der Waals surface area contributed by atoms with Gasteiger partial charge in [-0.05, 0) is 100 Å². The van der Waals surface area contributed by atoms with Crippen LogP contribution >= 0.6 is 0 Å². The third-order valence-electron chi connectivity index (χ3n) is 9.78. The van der Waals surface area contributed by atoms with Crippen molar-refractivity contribution in [3.63, 3.8) is 0 Å². The first kappa shape index (κ1) is 30.1. The van der Waals surface area contributed by atoms with Crippen molar-refractivity contribution in [2.45, 2.75) is 92.4 Å². The molecule has 0 aromatic carbocycles. The first-order valence-electron chi connectivity index (χ1n) is 13.6. The molecule has 1 fully saturated rings. The van der Waals surface area contributed by atoms with Gasteiger partial charge in [0.15, 0.2) is 0 Å². The molecule has 0 N–H and O–H groups in total. The van der Waals surface area contributed by atoms with Gasteiger partial charge in [-0.25, -0.2) is 0 Å². The van der Waals surface area contributed by atoms with Gasteiger partial charge in [-0.3, -0.25) is 9.59 Å². The van der Waals surface area contributed by atoms with Gasteiger partial charge in [0.25, 0.3) is 0 Å². The first-order valence-corrected chi connectivity index (χ1v) is 13.6. The molecule has 0 amide bonds. The van der Waals surface area contributed by atoms with Crippen molar-refractivity contribution >= 4 is 11.9 Å². The van der Waals surface area contributed by atoms with Gasteiger partial charge in [0.05, 0.1) is 14.2 Å². The number of rotatable bonds is 11. The first-order chi connectivity index (χ1) is 16.8. The smallest absolute Gasteiger partial charge is 0.305 e. The van der Waals surface area contributed by atoms with Gasteiger partial charge in [0.2, 0.25) is 0 Å². The van der Waals surface area contributed by atoms with E-state index in [2.05, 4.69) is 60.4 Å². The Morgan fingerprint density at radius 3 is 1.86 bits per heavy atom. The molecule has 0 heterocycles. The standard InChI is InChI=1S/C32H50O4/c1-21(2)25-13-11-23(5)27(31(25,7)19-17-29(33)35-9)15-16-28-24(6)12-14-26(22(3)4)32(28,8)20-18-30(34)36-10/h12,25-28H,1,3,5,11,13-20H2,2,4,6-10H3/t25-,26-,27-,28-,31-,32-/m0/s1. The molecule has 0 aliphatic heterocycles. The van der Waals surface area contributed by atoms with Crippen molar-refractivity contribution in [3.8, 4) is 0 Å². The molecule has 0 radical (unpaired) electrons. The minimum atomic E-state index is -0.155. The van der Waals surface area contributed by atoms with E-state index in [9.17, 15) is 9.59 Å². The summed E-state index contributed by atoms with van der Waals surface area (Å²) in [6.45, 7) is 24.4. The lowest BCUT2D eigenvalue weighted by molar-refractivity contribution is -0.142. The molecule has 2 aliphatic rings. The van der Waals surface area contributed by atoms with E-state index in [1.54, 1.807) is 0 Å². The summed E-state index contributed by atoms with van der Waals surface area (Å²) in [7, 11) is 2.93. The van der Waals surface area contributed by atoms with Crippen molar-refractivity contribution in [1.29, 1.82) is 0 Å². The van der Waals surface area contributed by atoms with E-state index in [1.807, 2.05) is 0 Å². The van der Waals surface area contributed by atoms with Crippen LogP contribution in [0.3, 0.4) is 0 Å². The molecule has 6 atom stereocenters. The second-order valence-corrected chi connectivity index (χ2v) is 12.0. The number of carbonyl (C=O) groups excluding carboxylic acids is 2. The van der Waals surface area contributed by atoms with Crippen LogP contribution < -0.4 is 0 Å². The fourth-order valence-electron chi connectivity index (χ4n) is 7.66. The maximum atomic E-state index is 12.1. The van der Waals surface area contributed by atoms with Crippen LogP contribution in [0.1, 0.15) is 92.4 Å². The van der Waals surface area contributed by atoms with E-state index in [4.69, 9.17) is 9.47 Å². The highest BCUT2D eigenvalue weighted by atomic mass is 16.5. The lowest BCUT2D eigenvalue weighted by Crippen LogP contribution is -2.43. The van der Waals surface area contributed by atoms with Crippen LogP contribution in [0.4, 0.5) is 0 Å². The molecule has 0 bridgehead atoms. The van der Waals surface area contributed by atoms with E-state index < -0.39 is 0 Å². The molecule has 1 saturated carbocycles. The Kier molecular flexibility index (Phi) is 10.4. The molecule has 4 nitrogen and oxygen atoms in total. The molecular formula is C32H50O4. The number of esters is 2. The van der Waals surface area contributed by atoms with Crippen molar-refractivity contribution in [3.05, 3.63) is 48.1 Å². The Bertz CT molecular complexity index is 896. The molecule has 0 spiro atoms. The minimum absolute atomic E-state index is 0.0645. The van der Waals surface area contributed by atoms with Gasteiger partial charge in [-0.1, -0.05) is 62.0 Å². The van der Waals surface area contributed by atoms with Crippen molar-refractivity contribution in [2.24, 2.45) is 34.5 Å². The lowest BCUT2D eigenvalue weighted by atomic mass is 9.53. The summed E-state index contributed by atoms with van der Waals surface area (Å²) in [4.78, 5) is 24.3. The van der Waals surface area contributed by atoms with Crippen LogP contribution in [0.2, 0.25) is 0 Å². The Morgan fingerprint density at radius 2 is 1.39 bits per heavy atom. The summed E-state index contributed by atoms with van der Waals surface area (Å²) >= 11 is 0. The summed E-state index contributed by atoms with van der Waals surface area (Å²) in [5.41, 5.74) is 4.93.